The third-order valence-electron chi connectivity index (χ3n) is 0. The maximum atomic E-state index is 8.52. The first kappa shape index (κ1) is 107. The van der Waals surface area contributed by atoms with Crippen LogP contribution in [0.3, 0.4) is 0 Å². The molecule has 0 aliphatic heterocycles. The van der Waals surface area contributed by atoms with Crippen molar-refractivity contribution in [2.45, 2.75) is 0 Å². The molecule has 0 saturated heterocycles. The molecular formula is H14Al2O16Si3. The van der Waals surface area contributed by atoms with Gasteiger partial charge in [-0.25, -0.2) is 0 Å². The third-order valence-corrected chi connectivity index (χ3v) is 0. The molecule has 0 radical (unpaired) electrons. The topological polar surface area (TPSA) is 410 Å². The fourth-order valence-corrected chi connectivity index (χ4v) is 0. The van der Waals surface area contributed by atoms with E-state index in [2.05, 4.69) is 0 Å². The van der Waals surface area contributed by atoms with Gasteiger partial charge in [-0.1, -0.05) is 0 Å². The van der Waals surface area contributed by atoms with E-state index in [1.54, 1.807) is 0 Å². The van der Waals surface area contributed by atoms with Gasteiger partial charge < -0.3 is 80.5 Å². The molecule has 0 aromatic carbocycles. The minimum atomic E-state index is -3.63. The molecule has 0 aromatic heterocycles. The maximum absolute atomic E-state index is 8.52. The normalized spacial score (nSPS) is 3.43. The van der Waals surface area contributed by atoms with E-state index in [1.807, 2.05) is 0 Å². The molecule has 0 atom stereocenters. The van der Waals surface area contributed by atoms with Crippen LogP contribution in [0.1, 0.15) is 0 Å². The Kier molecular flexibility index (Phi) is 465. The van der Waals surface area contributed by atoms with Crippen molar-refractivity contribution in [3.8, 4) is 0 Å². The zero-order valence-corrected chi connectivity index (χ0v) is 15.1. The first-order valence-corrected chi connectivity index (χ1v) is 5.51. The minimum absolute atomic E-state index is 0. The van der Waals surface area contributed by atoms with Crippen molar-refractivity contribution in [2.24, 2.45) is 0 Å². The average molecular weight is 408 g/mol. The van der Waals surface area contributed by atoms with Crippen molar-refractivity contribution in [3.63, 3.8) is 0 Å². The van der Waals surface area contributed by atoms with Crippen LogP contribution in [0.25, 0.3) is 0 Å². The Morgan fingerprint density at radius 2 is 0.381 bits per heavy atom. The van der Waals surface area contributed by atoms with Gasteiger partial charge in [-0.2, -0.15) is 0 Å². The Bertz CT molecular complexity index is 119. The SMILES string of the molecule is O.O.O.O.O.O.O.O=[Si]([O-])[O-].O=[Si]([O-])[O-].O=[Si]([O-])[O-].[Al+3].[Al+3]. The smallest absolute Gasteiger partial charge is 0.672 e. The predicted octanol–water partition coefficient (Wildman–Crippen LogP) is -15.2. The van der Waals surface area contributed by atoms with E-state index in [-0.39, 0.29) is 73.1 Å². The summed E-state index contributed by atoms with van der Waals surface area (Å²) in [6.45, 7) is 0. The third kappa shape index (κ3) is 46000. The van der Waals surface area contributed by atoms with Gasteiger partial charge in [0, 0.05) is 27.5 Å². The van der Waals surface area contributed by atoms with Crippen LogP contribution in [0.5, 0.6) is 0 Å². The molecule has 0 fully saturated rings. The van der Waals surface area contributed by atoms with Gasteiger partial charge in [0.1, 0.15) is 0 Å². The molecule has 0 aromatic rings. The van der Waals surface area contributed by atoms with Gasteiger partial charge in [0.15, 0.2) is 0 Å². The van der Waals surface area contributed by atoms with E-state index < -0.39 is 27.5 Å². The number of hydrogen-bond donors (Lipinski definition) is 0. The molecule has 14 N–H and O–H groups in total. The quantitative estimate of drug-likeness (QED) is 0.342. The molecule has 0 aliphatic rings. The van der Waals surface area contributed by atoms with Gasteiger partial charge >= 0.3 is 34.7 Å². The van der Waals surface area contributed by atoms with Crippen LogP contribution in [-0.4, -0.2) is 101 Å². The van der Waals surface area contributed by atoms with Gasteiger partial charge in [0.05, 0.1) is 0 Å². The van der Waals surface area contributed by atoms with E-state index in [0.29, 0.717) is 0 Å². The summed E-state index contributed by atoms with van der Waals surface area (Å²) in [5.41, 5.74) is 0. The number of hydrogen-bond acceptors (Lipinski definition) is 9. The molecule has 0 unspecified atom stereocenters. The molecule has 16 nitrogen and oxygen atoms in total. The molecule has 0 aliphatic carbocycles. The summed E-state index contributed by atoms with van der Waals surface area (Å²) >= 11 is 0. The second-order valence-electron chi connectivity index (χ2n) is 0.750. The Morgan fingerprint density at radius 3 is 0.381 bits per heavy atom. The molecule has 21 heavy (non-hydrogen) atoms. The molecule has 0 rings (SSSR count). The van der Waals surface area contributed by atoms with Crippen LogP contribution >= 0.6 is 0 Å². The molecular weight excluding hydrogens is 394 g/mol. The molecule has 128 valence electrons. The molecule has 0 saturated carbocycles. The first-order chi connectivity index (χ1) is 5.20. The Balaban J connectivity index is -0.00000000476. The van der Waals surface area contributed by atoms with Crippen LogP contribution in [0, 0.1) is 0 Å². The van der Waals surface area contributed by atoms with E-state index in [9.17, 15) is 0 Å². The van der Waals surface area contributed by atoms with Gasteiger partial charge in [0.25, 0.3) is 0 Å². The summed E-state index contributed by atoms with van der Waals surface area (Å²) in [6.07, 6.45) is 0. The second kappa shape index (κ2) is 91.4. The summed E-state index contributed by atoms with van der Waals surface area (Å²) < 4.78 is 25.6. The van der Waals surface area contributed by atoms with E-state index >= 15 is 0 Å². The maximum Gasteiger partial charge on any atom is 3.00 e. The zero-order valence-electron chi connectivity index (χ0n) is 9.83. The predicted molar refractivity (Wildman–Crippen MR) is 56.1 cm³/mol. The summed E-state index contributed by atoms with van der Waals surface area (Å²) in [6, 6.07) is 0. The van der Waals surface area contributed by atoms with Gasteiger partial charge in [-0.15, -0.1) is 0 Å². The van der Waals surface area contributed by atoms with Crippen molar-refractivity contribution in [1.82, 2.24) is 0 Å². The van der Waals surface area contributed by atoms with Crippen molar-refractivity contribution >= 4 is 62.2 Å². The molecule has 0 heterocycles. The summed E-state index contributed by atoms with van der Waals surface area (Å²) in [4.78, 5) is 51.1. The summed E-state index contributed by atoms with van der Waals surface area (Å²) in [5.74, 6) is 0. The average Bonchev–Trinajstić information content (AvgIpc) is 1.54. The minimum Gasteiger partial charge on any atom is -0.672 e. The fraction of sp³-hybridized carbons (Fsp3) is 0. The summed E-state index contributed by atoms with van der Waals surface area (Å²) in [7, 11) is -10.9. The van der Waals surface area contributed by atoms with Gasteiger partial charge in [-0.05, 0) is 0 Å². The molecule has 21 heteroatoms. The second-order valence-corrected chi connectivity index (χ2v) is 2.25. The summed E-state index contributed by atoms with van der Waals surface area (Å²) in [5, 5.41) is 0. The molecule has 0 bridgehead atoms. The van der Waals surface area contributed by atoms with E-state index in [1.165, 1.54) is 0 Å². The van der Waals surface area contributed by atoms with Crippen LogP contribution in [0.15, 0.2) is 0 Å². The van der Waals surface area contributed by atoms with Crippen molar-refractivity contribution in [1.29, 1.82) is 0 Å². The van der Waals surface area contributed by atoms with Gasteiger partial charge in [0.2, 0.25) is 0 Å². The largest absolute Gasteiger partial charge is 3.00 e. The van der Waals surface area contributed by atoms with Crippen molar-refractivity contribution < 1.29 is 80.5 Å². The van der Waals surface area contributed by atoms with Gasteiger partial charge in [-0.3, -0.25) is 0 Å². The van der Waals surface area contributed by atoms with Crippen molar-refractivity contribution in [2.75, 3.05) is 0 Å². The number of rotatable bonds is 0. The van der Waals surface area contributed by atoms with E-state index in [4.69, 9.17) is 42.2 Å². The Morgan fingerprint density at radius 1 is 0.381 bits per heavy atom. The van der Waals surface area contributed by atoms with Crippen LogP contribution in [0.2, 0.25) is 0 Å². The monoisotopic (exact) mass is 408 g/mol. The zero-order chi connectivity index (χ0) is 10.7. The fourth-order valence-electron chi connectivity index (χ4n) is 0. The first-order valence-electron chi connectivity index (χ1n) is 1.84. The van der Waals surface area contributed by atoms with Crippen molar-refractivity contribution in [3.05, 3.63) is 0 Å². The Hall–Kier alpha value is -0.364. The standard InChI is InChI=1S/2Al.3O3Si.7H2O/c;;3*1-4(2)3;;;;;;;/h;;;;;7*1H2/q2*+3;3*-2;;;;;;;. The van der Waals surface area contributed by atoms with Crippen LogP contribution in [-0.2, 0) is 13.4 Å². The molecule has 0 amide bonds. The Labute approximate surface area is 143 Å². The van der Waals surface area contributed by atoms with E-state index in [0.717, 1.165) is 0 Å². The molecule has 0 spiro atoms. The van der Waals surface area contributed by atoms with Crippen LogP contribution < -0.4 is 28.8 Å². The van der Waals surface area contributed by atoms with Crippen LogP contribution in [0.4, 0.5) is 0 Å².